The maximum atomic E-state index is 14.0. The van der Waals surface area contributed by atoms with Crippen molar-refractivity contribution < 1.29 is 9.59 Å². The third-order valence-corrected chi connectivity index (χ3v) is 9.44. The van der Waals surface area contributed by atoms with E-state index >= 15 is 0 Å². The zero-order valence-electron chi connectivity index (χ0n) is 17.3. The molecule has 0 aromatic heterocycles. The number of carbonyl (C=O) groups is 2. The van der Waals surface area contributed by atoms with Crippen LogP contribution in [0.5, 0.6) is 0 Å². The highest BCUT2D eigenvalue weighted by atomic mass is 79.9. The Morgan fingerprint density at radius 2 is 1.16 bits per heavy atom. The minimum atomic E-state index is -1.16. The summed E-state index contributed by atoms with van der Waals surface area (Å²) in [4.78, 5) is 27.0. The molecule has 3 aliphatic carbocycles. The highest BCUT2D eigenvalue weighted by Crippen LogP contribution is 2.69. The van der Waals surface area contributed by atoms with E-state index in [1.807, 2.05) is 74.5 Å². The van der Waals surface area contributed by atoms with Crippen molar-refractivity contribution in [2.24, 2.45) is 11.8 Å². The van der Waals surface area contributed by atoms with Gasteiger partial charge in [0, 0.05) is 4.47 Å². The molecule has 160 valence electrons. The van der Waals surface area contributed by atoms with Crippen LogP contribution in [0.15, 0.2) is 65.1 Å². The molecule has 2 bridgehead atoms. The van der Waals surface area contributed by atoms with Gasteiger partial charge in [-0.05, 0) is 59.4 Å². The van der Waals surface area contributed by atoms with Gasteiger partial charge in [0.2, 0.25) is 11.8 Å². The summed E-state index contributed by atoms with van der Waals surface area (Å²) in [5.74, 6) is -2.17. The fourth-order valence-corrected chi connectivity index (χ4v) is 7.47. The first-order chi connectivity index (χ1) is 15.2. The van der Waals surface area contributed by atoms with Crippen molar-refractivity contribution in [1.29, 1.82) is 0 Å². The summed E-state index contributed by atoms with van der Waals surface area (Å²) in [6, 6.07) is 19.1. The van der Waals surface area contributed by atoms with E-state index in [0.29, 0.717) is 5.69 Å². The summed E-state index contributed by atoms with van der Waals surface area (Å²) < 4.78 is 0.928. The molecule has 2 amide bonds. The van der Waals surface area contributed by atoms with Crippen LogP contribution in [0, 0.1) is 25.7 Å². The fourth-order valence-electron chi connectivity index (χ4n) is 5.91. The Morgan fingerprint density at radius 3 is 1.56 bits per heavy atom. The molecule has 0 unspecified atom stereocenters. The number of rotatable bonds is 1. The van der Waals surface area contributed by atoms with Crippen molar-refractivity contribution in [2.45, 2.75) is 23.6 Å². The van der Waals surface area contributed by atoms with Crippen molar-refractivity contribution in [1.82, 2.24) is 0 Å². The molecule has 0 radical (unpaired) electrons. The first kappa shape index (κ1) is 20.5. The third-order valence-electron chi connectivity index (χ3n) is 7.30. The topological polar surface area (TPSA) is 37.4 Å². The Balaban J connectivity index is 1.65. The average molecular weight is 527 g/mol. The number of amides is 2. The Hall–Kier alpha value is -2.14. The second-order valence-corrected chi connectivity index (χ2v) is 10.9. The summed E-state index contributed by atoms with van der Waals surface area (Å²) in [6.45, 7) is 3.83. The summed E-state index contributed by atoms with van der Waals surface area (Å²) in [6.07, 6.45) is 0. The molecular formula is C26H18BrCl2NO2. The molecule has 6 heteroatoms. The van der Waals surface area contributed by atoms with Crippen LogP contribution in [0.25, 0.3) is 0 Å². The molecule has 3 aromatic carbocycles. The third kappa shape index (κ3) is 2.19. The van der Waals surface area contributed by atoms with Gasteiger partial charge in [-0.3, -0.25) is 9.59 Å². The van der Waals surface area contributed by atoms with Crippen molar-refractivity contribution in [3.8, 4) is 0 Å². The number of aryl methyl sites for hydroxylation is 2. The lowest BCUT2D eigenvalue weighted by Crippen LogP contribution is -2.57. The van der Waals surface area contributed by atoms with E-state index in [-0.39, 0.29) is 11.8 Å². The first-order valence-corrected chi connectivity index (χ1v) is 12.0. The van der Waals surface area contributed by atoms with Gasteiger partial charge in [-0.1, -0.05) is 64.5 Å². The Morgan fingerprint density at radius 1 is 0.750 bits per heavy atom. The minimum absolute atomic E-state index is 0.297. The highest BCUT2D eigenvalue weighted by molar-refractivity contribution is 9.10. The van der Waals surface area contributed by atoms with Crippen LogP contribution in [0.4, 0.5) is 5.69 Å². The summed E-state index contributed by atoms with van der Waals surface area (Å²) in [5, 5.41) is 0. The van der Waals surface area contributed by atoms with Crippen molar-refractivity contribution in [2.75, 3.05) is 4.90 Å². The molecule has 1 fully saturated rings. The lowest BCUT2D eigenvalue weighted by molar-refractivity contribution is -0.122. The lowest BCUT2D eigenvalue weighted by Gasteiger charge is -2.54. The summed E-state index contributed by atoms with van der Waals surface area (Å²) in [7, 11) is 0. The molecule has 7 rings (SSSR count). The molecule has 2 atom stereocenters. The summed E-state index contributed by atoms with van der Waals surface area (Å²) in [5.41, 5.74) is 5.59. The number of hydrogen-bond acceptors (Lipinski definition) is 2. The minimum Gasteiger partial charge on any atom is -0.274 e. The number of nitrogens with zero attached hydrogens (tertiary/aromatic N) is 1. The van der Waals surface area contributed by atoms with Crippen LogP contribution in [0.1, 0.15) is 33.4 Å². The predicted octanol–water partition coefficient (Wildman–Crippen LogP) is 6.16. The van der Waals surface area contributed by atoms with Gasteiger partial charge in [0.15, 0.2) is 0 Å². The van der Waals surface area contributed by atoms with E-state index < -0.39 is 21.6 Å². The van der Waals surface area contributed by atoms with E-state index in [2.05, 4.69) is 15.9 Å². The second kappa shape index (κ2) is 6.47. The maximum absolute atomic E-state index is 14.0. The van der Waals surface area contributed by atoms with Gasteiger partial charge in [-0.2, -0.15) is 0 Å². The van der Waals surface area contributed by atoms with E-state index in [4.69, 9.17) is 23.2 Å². The quantitative estimate of drug-likeness (QED) is 0.281. The number of imide groups is 1. The Labute approximate surface area is 204 Å². The van der Waals surface area contributed by atoms with Crippen LogP contribution in [-0.2, 0) is 19.3 Å². The van der Waals surface area contributed by atoms with E-state index in [0.717, 1.165) is 37.9 Å². The van der Waals surface area contributed by atoms with E-state index in [1.165, 1.54) is 4.90 Å². The van der Waals surface area contributed by atoms with Gasteiger partial charge in [0.25, 0.3) is 0 Å². The molecule has 0 saturated carbocycles. The molecule has 3 nitrogen and oxygen atoms in total. The SMILES string of the molecule is Cc1cc(N2C(=O)[C@@H]3[C@@H](C2=O)C2(Cl)c4ccccc4C3(Cl)c3ccccc32)c(C)cc1Br. The van der Waals surface area contributed by atoms with Crippen LogP contribution < -0.4 is 4.90 Å². The van der Waals surface area contributed by atoms with Gasteiger partial charge >= 0.3 is 0 Å². The molecule has 1 aliphatic heterocycles. The number of alkyl halides is 2. The smallest absolute Gasteiger partial charge is 0.240 e. The van der Waals surface area contributed by atoms with Gasteiger partial charge in [0.1, 0.15) is 9.75 Å². The maximum Gasteiger partial charge on any atom is 0.240 e. The van der Waals surface area contributed by atoms with E-state index in [1.54, 1.807) is 0 Å². The Kier molecular flexibility index (Phi) is 4.14. The fraction of sp³-hybridized carbons (Fsp3) is 0.231. The molecule has 0 spiro atoms. The lowest BCUT2D eigenvalue weighted by atomic mass is 9.54. The highest BCUT2D eigenvalue weighted by Gasteiger charge is 2.73. The van der Waals surface area contributed by atoms with Gasteiger partial charge in [-0.25, -0.2) is 4.90 Å². The van der Waals surface area contributed by atoms with Crippen LogP contribution in [-0.4, -0.2) is 11.8 Å². The molecule has 32 heavy (non-hydrogen) atoms. The second-order valence-electron chi connectivity index (χ2n) is 8.87. The van der Waals surface area contributed by atoms with Crippen molar-refractivity contribution >= 4 is 56.6 Å². The first-order valence-electron chi connectivity index (χ1n) is 10.4. The van der Waals surface area contributed by atoms with Gasteiger partial charge in [-0.15, -0.1) is 23.2 Å². The zero-order valence-corrected chi connectivity index (χ0v) is 20.4. The van der Waals surface area contributed by atoms with Crippen molar-refractivity contribution in [3.63, 3.8) is 0 Å². The molecule has 1 heterocycles. The van der Waals surface area contributed by atoms with Crippen molar-refractivity contribution in [3.05, 3.63) is 98.5 Å². The predicted molar refractivity (Wildman–Crippen MR) is 129 cm³/mol. The Bertz CT molecular complexity index is 1250. The molecule has 0 N–H and O–H groups in total. The van der Waals surface area contributed by atoms with Crippen LogP contribution in [0.2, 0.25) is 0 Å². The van der Waals surface area contributed by atoms with Crippen LogP contribution >= 0.6 is 39.1 Å². The number of benzene rings is 3. The average Bonchev–Trinajstić information content (AvgIpc) is 3.06. The standard InChI is InChI=1S/C26H18BrCl2NO2/c1-13-12-20(14(2)11-19(13)27)30-23(31)21-22(24(30)32)26(29)16-8-4-3-7-15(16)25(21,28)17-9-5-6-10-18(17)26/h3-12,21-22H,1-2H3/t21-,22-,25?,26?/m0/s1. The zero-order chi connectivity index (χ0) is 22.6. The van der Waals surface area contributed by atoms with Gasteiger partial charge in [0.05, 0.1) is 17.5 Å². The monoisotopic (exact) mass is 525 g/mol. The summed E-state index contributed by atoms with van der Waals surface area (Å²) >= 11 is 18.5. The number of carbonyl (C=O) groups excluding carboxylic acids is 2. The normalized spacial score (nSPS) is 29.7. The van der Waals surface area contributed by atoms with E-state index in [9.17, 15) is 9.59 Å². The molecular weight excluding hydrogens is 509 g/mol. The number of hydrogen-bond donors (Lipinski definition) is 0. The number of anilines is 1. The van der Waals surface area contributed by atoms with Gasteiger partial charge < -0.3 is 0 Å². The molecule has 1 saturated heterocycles. The molecule has 4 aliphatic rings. The molecule has 3 aromatic rings. The largest absolute Gasteiger partial charge is 0.274 e. The number of halogens is 3. The van der Waals surface area contributed by atoms with Crippen LogP contribution in [0.3, 0.4) is 0 Å².